The number of hydrogen-bond donors (Lipinski definition) is 2. The van der Waals surface area contributed by atoms with Gasteiger partial charge in [-0.1, -0.05) is 6.92 Å². The largest absolute Gasteiger partial charge is 0.448 e. The number of anilines is 1. The van der Waals surface area contributed by atoms with Crippen molar-refractivity contribution in [2.24, 2.45) is 5.73 Å². The van der Waals surface area contributed by atoms with Crippen LogP contribution in [0.3, 0.4) is 0 Å². The van der Waals surface area contributed by atoms with Crippen molar-refractivity contribution in [3.8, 4) is 0 Å². The van der Waals surface area contributed by atoms with E-state index in [1.807, 2.05) is 6.92 Å². The molecule has 1 heterocycles. The molecule has 0 saturated carbocycles. The minimum Gasteiger partial charge on any atom is -0.448 e. The minimum atomic E-state index is -0.950. The Morgan fingerprint density at radius 3 is 2.71 bits per heavy atom. The average molecular weight is 239 g/mol. The number of carbonyl (C=O) groups excluding carboxylic acids is 2. The summed E-state index contributed by atoms with van der Waals surface area (Å²) in [5, 5.41) is 0. The molecule has 1 amide bonds. The van der Waals surface area contributed by atoms with Crippen LogP contribution in [0.25, 0.3) is 0 Å². The fourth-order valence-electron chi connectivity index (χ4n) is 1.41. The number of nitrogen functional groups attached to an aromatic ring is 1. The average Bonchev–Trinajstić information content (AvgIpc) is 2.60. The van der Waals surface area contributed by atoms with E-state index >= 15 is 0 Å². The molecule has 0 saturated heterocycles. The molecule has 4 N–H and O–H groups in total. The van der Waals surface area contributed by atoms with Crippen molar-refractivity contribution in [2.75, 3.05) is 5.73 Å². The Balaban J connectivity index is 2.84. The first-order valence-corrected chi connectivity index (χ1v) is 5.41. The molecule has 1 aromatic heterocycles. The molecule has 1 aromatic rings. The van der Waals surface area contributed by atoms with E-state index in [4.69, 9.17) is 16.2 Å². The van der Waals surface area contributed by atoms with Crippen LogP contribution in [0.15, 0.2) is 12.3 Å². The summed E-state index contributed by atoms with van der Waals surface area (Å²) in [5.41, 5.74) is 11.4. The molecule has 0 radical (unpaired) electrons. The van der Waals surface area contributed by atoms with Crippen LogP contribution in [0.2, 0.25) is 0 Å². The highest BCUT2D eigenvalue weighted by molar-refractivity contribution is 5.91. The van der Waals surface area contributed by atoms with Gasteiger partial charge in [-0.05, 0) is 19.4 Å². The number of amides is 1. The van der Waals surface area contributed by atoms with E-state index in [-0.39, 0.29) is 0 Å². The normalized spacial score (nSPS) is 12.1. The number of ether oxygens (including phenoxy) is 1. The number of hydrogen-bond acceptors (Lipinski definition) is 4. The first-order chi connectivity index (χ1) is 7.95. The first kappa shape index (κ1) is 13.1. The van der Waals surface area contributed by atoms with Crippen LogP contribution in [-0.4, -0.2) is 22.5 Å². The smallest absolute Gasteiger partial charge is 0.355 e. The third-order valence-corrected chi connectivity index (χ3v) is 2.28. The van der Waals surface area contributed by atoms with Crippen molar-refractivity contribution in [1.29, 1.82) is 0 Å². The van der Waals surface area contributed by atoms with E-state index in [2.05, 4.69) is 0 Å². The zero-order valence-electron chi connectivity index (χ0n) is 9.97. The topological polar surface area (TPSA) is 100 Å². The van der Waals surface area contributed by atoms with Crippen molar-refractivity contribution in [1.82, 2.24) is 4.57 Å². The number of primary amides is 1. The summed E-state index contributed by atoms with van der Waals surface area (Å²) in [7, 11) is 0. The van der Waals surface area contributed by atoms with Crippen LogP contribution in [0.5, 0.6) is 0 Å². The van der Waals surface area contributed by atoms with E-state index in [1.54, 1.807) is 10.8 Å². The van der Waals surface area contributed by atoms with E-state index < -0.39 is 18.0 Å². The monoisotopic (exact) mass is 239 g/mol. The van der Waals surface area contributed by atoms with E-state index in [1.165, 1.54) is 13.0 Å². The van der Waals surface area contributed by atoms with Crippen LogP contribution in [0, 0.1) is 0 Å². The summed E-state index contributed by atoms with van der Waals surface area (Å²) in [4.78, 5) is 22.6. The molecule has 94 valence electrons. The fourth-order valence-corrected chi connectivity index (χ4v) is 1.41. The molecule has 0 fully saturated rings. The van der Waals surface area contributed by atoms with Crippen LogP contribution in [-0.2, 0) is 16.1 Å². The Labute approximate surface area is 99.5 Å². The van der Waals surface area contributed by atoms with Gasteiger partial charge in [0.2, 0.25) is 0 Å². The molecule has 0 aliphatic rings. The molecule has 0 aliphatic carbocycles. The molecule has 0 aliphatic heterocycles. The fraction of sp³-hybridized carbons (Fsp3) is 0.455. The molecular weight excluding hydrogens is 222 g/mol. The van der Waals surface area contributed by atoms with Crippen molar-refractivity contribution in [2.45, 2.75) is 32.9 Å². The van der Waals surface area contributed by atoms with Gasteiger partial charge in [-0.25, -0.2) is 4.79 Å². The van der Waals surface area contributed by atoms with Gasteiger partial charge in [0.05, 0.1) is 5.69 Å². The number of carbonyl (C=O) groups is 2. The standard InChI is InChI=1S/C11H17N3O3/c1-3-4-14-6-8(12)5-9(14)11(16)17-7(2)10(13)15/h5-7H,3-4,12H2,1-2H3,(H2,13,15). The predicted octanol–water partition coefficient (Wildman–Crippen LogP) is 0.511. The first-order valence-electron chi connectivity index (χ1n) is 5.41. The van der Waals surface area contributed by atoms with Crippen molar-refractivity contribution < 1.29 is 14.3 Å². The second kappa shape index (κ2) is 5.38. The lowest BCUT2D eigenvalue weighted by Crippen LogP contribution is -2.31. The predicted molar refractivity (Wildman–Crippen MR) is 63.2 cm³/mol. The van der Waals surface area contributed by atoms with Crippen molar-refractivity contribution in [3.63, 3.8) is 0 Å². The molecule has 6 heteroatoms. The second-order valence-electron chi connectivity index (χ2n) is 3.80. The summed E-state index contributed by atoms with van der Waals surface area (Å²) in [5.74, 6) is -1.28. The minimum absolute atomic E-state index is 0.331. The second-order valence-corrected chi connectivity index (χ2v) is 3.80. The van der Waals surface area contributed by atoms with Gasteiger partial charge >= 0.3 is 5.97 Å². The molecule has 1 unspecified atom stereocenters. The van der Waals surface area contributed by atoms with E-state index in [0.717, 1.165) is 6.42 Å². The van der Waals surface area contributed by atoms with Gasteiger partial charge in [-0.3, -0.25) is 4.79 Å². The zero-order valence-corrected chi connectivity index (χ0v) is 9.97. The van der Waals surface area contributed by atoms with Crippen molar-refractivity contribution in [3.05, 3.63) is 18.0 Å². The zero-order chi connectivity index (χ0) is 13.0. The van der Waals surface area contributed by atoms with Crippen molar-refractivity contribution >= 4 is 17.6 Å². The van der Waals surface area contributed by atoms with Gasteiger partial charge in [-0.2, -0.15) is 0 Å². The SMILES string of the molecule is CCCn1cc(N)cc1C(=O)OC(C)C(N)=O. The molecule has 17 heavy (non-hydrogen) atoms. The maximum Gasteiger partial charge on any atom is 0.355 e. The number of esters is 1. The Hall–Kier alpha value is -1.98. The third kappa shape index (κ3) is 3.24. The molecule has 1 rings (SSSR count). The molecular formula is C11H17N3O3. The maximum atomic E-state index is 11.8. The van der Waals surface area contributed by atoms with Crippen LogP contribution >= 0.6 is 0 Å². The number of aromatic nitrogens is 1. The Kier molecular flexibility index (Phi) is 4.14. The van der Waals surface area contributed by atoms with Gasteiger partial charge in [0.15, 0.2) is 6.10 Å². The molecule has 0 bridgehead atoms. The number of rotatable bonds is 5. The Bertz CT molecular complexity index is 426. The highest BCUT2D eigenvalue weighted by Gasteiger charge is 2.19. The lowest BCUT2D eigenvalue weighted by Gasteiger charge is -2.11. The highest BCUT2D eigenvalue weighted by Crippen LogP contribution is 2.13. The van der Waals surface area contributed by atoms with Gasteiger partial charge in [0.25, 0.3) is 5.91 Å². The van der Waals surface area contributed by atoms with E-state index in [9.17, 15) is 9.59 Å². The van der Waals surface area contributed by atoms with Crippen LogP contribution in [0.4, 0.5) is 5.69 Å². The molecule has 0 aromatic carbocycles. The van der Waals surface area contributed by atoms with Gasteiger partial charge in [0, 0.05) is 12.7 Å². The molecule has 6 nitrogen and oxygen atoms in total. The molecule has 1 atom stereocenters. The lowest BCUT2D eigenvalue weighted by molar-refractivity contribution is -0.125. The number of aryl methyl sites for hydroxylation is 1. The summed E-state index contributed by atoms with van der Waals surface area (Å²) in [6.45, 7) is 4.07. The van der Waals surface area contributed by atoms with Crippen LogP contribution in [0.1, 0.15) is 30.8 Å². The maximum absolute atomic E-state index is 11.8. The Morgan fingerprint density at radius 1 is 1.53 bits per heavy atom. The molecule has 0 spiro atoms. The highest BCUT2D eigenvalue weighted by atomic mass is 16.5. The summed E-state index contributed by atoms with van der Waals surface area (Å²) in [6, 6.07) is 1.52. The van der Waals surface area contributed by atoms with E-state index in [0.29, 0.717) is 17.9 Å². The lowest BCUT2D eigenvalue weighted by atomic mass is 10.3. The van der Waals surface area contributed by atoms with Gasteiger partial charge in [-0.15, -0.1) is 0 Å². The van der Waals surface area contributed by atoms with Gasteiger partial charge < -0.3 is 20.8 Å². The quantitative estimate of drug-likeness (QED) is 0.731. The third-order valence-electron chi connectivity index (χ3n) is 2.28. The summed E-state index contributed by atoms with van der Waals surface area (Å²) >= 11 is 0. The Morgan fingerprint density at radius 2 is 2.18 bits per heavy atom. The number of nitrogens with zero attached hydrogens (tertiary/aromatic N) is 1. The summed E-state index contributed by atoms with van der Waals surface area (Å²) in [6.07, 6.45) is 1.57. The number of nitrogens with two attached hydrogens (primary N) is 2. The van der Waals surface area contributed by atoms with Crippen LogP contribution < -0.4 is 11.5 Å². The summed E-state index contributed by atoms with van der Waals surface area (Å²) < 4.78 is 6.61. The van der Waals surface area contributed by atoms with Gasteiger partial charge in [0.1, 0.15) is 5.69 Å².